The number of fused-ring (bicyclic) bond motifs is 1. The van der Waals surface area contributed by atoms with Gasteiger partial charge < -0.3 is 10.1 Å². The first-order valence-corrected chi connectivity index (χ1v) is 4.75. The molecule has 68 valence electrons. The molecule has 1 N–H and O–H groups in total. The number of carbonyl (C=O) groups excluding carboxylic acids is 1. The Bertz CT molecular complexity index is 193. The van der Waals surface area contributed by atoms with Crippen LogP contribution in [0, 0.1) is 11.8 Å². The van der Waals surface area contributed by atoms with Gasteiger partial charge in [0.2, 0.25) is 5.91 Å². The molecule has 2 rings (SSSR count). The quantitative estimate of drug-likeness (QED) is 0.666. The van der Waals surface area contributed by atoms with E-state index in [1.54, 1.807) is 0 Å². The highest BCUT2D eigenvalue weighted by molar-refractivity contribution is 5.81. The fourth-order valence-electron chi connectivity index (χ4n) is 2.38. The minimum atomic E-state index is 0.00926. The summed E-state index contributed by atoms with van der Waals surface area (Å²) in [5, 5.41) is 2.90. The van der Waals surface area contributed by atoms with Crippen molar-refractivity contribution in [1.82, 2.24) is 5.32 Å². The van der Waals surface area contributed by atoms with Crippen LogP contribution >= 0.6 is 0 Å². The highest BCUT2D eigenvalue weighted by atomic mass is 16.5. The third kappa shape index (κ3) is 1.12. The Kier molecular flexibility index (Phi) is 2.05. The average molecular weight is 169 g/mol. The summed E-state index contributed by atoms with van der Waals surface area (Å²) in [6.07, 6.45) is 3.40. The van der Waals surface area contributed by atoms with Crippen molar-refractivity contribution in [2.75, 3.05) is 6.61 Å². The zero-order valence-electron chi connectivity index (χ0n) is 7.38. The molecule has 0 aromatic carbocycles. The fourth-order valence-corrected chi connectivity index (χ4v) is 2.38. The largest absolute Gasteiger partial charge is 0.358 e. The third-order valence-corrected chi connectivity index (χ3v) is 2.93. The van der Waals surface area contributed by atoms with Crippen molar-refractivity contribution in [3.8, 4) is 0 Å². The van der Waals surface area contributed by atoms with E-state index in [-0.39, 0.29) is 18.1 Å². The molecule has 12 heavy (non-hydrogen) atoms. The lowest BCUT2D eigenvalue weighted by Crippen LogP contribution is -2.31. The lowest BCUT2D eigenvalue weighted by Gasteiger charge is -2.16. The van der Waals surface area contributed by atoms with Crippen LogP contribution in [0.3, 0.4) is 0 Å². The SMILES string of the molecule is CCO[C@H]1NC(=O)[C@@H]2CCC[C@H]12. The van der Waals surface area contributed by atoms with Gasteiger partial charge in [0, 0.05) is 18.4 Å². The number of hydrogen-bond acceptors (Lipinski definition) is 2. The molecule has 1 aliphatic carbocycles. The molecule has 0 aromatic rings. The maximum absolute atomic E-state index is 11.3. The molecule has 3 atom stereocenters. The number of rotatable bonds is 2. The molecule has 3 heteroatoms. The van der Waals surface area contributed by atoms with Crippen LogP contribution in [0.2, 0.25) is 0 Å². The van der Waals surface area contributed by atoms with Gasteiger partial charge in [0.15, 0.2) is 0 Å². The first-order chi connectivity index (χ1) is 5.83. The molecule has 0 spiro atoms. The van der Waals surface area contributed by atoms with E-state index in [4.69, 9.17) is 4.74 Å². The predicted octanol–water partition coefficient (Wildman–Crippen LogP) is 0.895. The van der Waals surface area contributed by atoms with Gasteiger partial charge in [-0.3, -0.25) is 4.79 Å². The topological polar surface area (TPSA) is 38.3 Å². The molecular weight excluding hydrogens is 154 g/mol. The average Bonchev–Trinajstić information content (AvgIpc) is 2.58. The minimum absolute atomic E-state index is 0.00926. The van der Waals surface area contributed by atoms with Crippen molar-refractivity contribution in [2.45, 2.75) is 32.4 Å². The number of carbonyl (C=O) groups is 1. The Labute approximate surface area is 72.5 Å². The van der Waals surface area contributed by atoms with Gasteiger partial charge in [0.25, 0.3) is 0 Å². The summed E-state index contributed by atoms with van der Waals surface area (Å²) in [4.78, 5) is 11.3. The third-order valence-electron chi connectivity index (χ3n) is 2.93. The normalized spacial score (nSPS) is 39.8. The lowest BCUT2D eigenvalue weighted by atomic mass is 9.99. The second kappa shape index (κ2) is 3.05. The van der Waals surface area contributed by atoms with Gasteiger partial charge in [-0.2, -0.15) is 0 Å². The Morgan fingerprint density at radius 3 is 3.17 bits per heavy atom. The molecule has 3 nitrogen and oxygen atoms in total. The second-order valence-corrected chi connectivity index (χ2v) is 3.59. The molecule has 0 radical (unpaired) electrons. The molecule has 2 aliphatic rings. The molecule has 1 heterocycles. The number of ether oxygens (including phenoxy) is 1. The molecule has 1 saturated carbocycles. The fraction of sp³-hybridized carbons (Fsp3) is 0.889. The van der Waals surface area contributed by atoms with Crippen LogP contribution < -0.4 is 5.32 Å². The van der Waals surface area contributed by atoms with E-state index >= 15 is 0 Å². The van der Waals surface area contributed by atoms with E-state index in [0.717, 1.165) is 12.8 Å². The first-order valence-electron chi connectivity index (χ1n) is 4.75. The van der Waals surface area contributed by atoms with Crippen LogP contribution in [-0.4, -0.2) is 18.7 Å². The summed E-state index contributed by atoms with van der Waals surface area (Å²) in [7, 11) is 0. The zero-order chi connectivity index (χ0) is 8.55. The number of nitrogens with one attached hydrogen (secondary N) is 1. The van der Waals surface area contributed by atoms with Crippen LogP contribution in [-0.2, 0) is 9.53 Å². The summed E-state index contributed by atoms with van der Waals surface area (Å²) < 4.78 is 5.46. The highest BCUT2D eigenvalue weighted by Gasteiger charge is 2.45. The Morgan fingerprint density at radius 2 is 2.42 bits per heavy atom. The molecule has 1 aliphatic heterocycles. The lowest BCUT2D eigenvalue weighted by molar-refractivity contribution is -0.123. The summed E-state index contributed by atoms with van der Waals surface area (Å²) in [6, 6.07) is 0. The molecule has 1 saturated heterocycles. The molecule has 0 bridgehead atoms. The van der Waals surface area contributed by atoms with Crippen molar-refractivity contribution in [1.29, 1.82) is 0 Å². The van der Waals surface area contributed by atoms with E-state index in [1.165, 1.54) is 6.42 Å². The van der Waals surface area contributed by atoms with E-state index in [1.807, 2.05) is 6.92 Å². The van der Waals surface area contributed by atoms with Crippen LogP contribution in [0.5, 0.6) is 0 Å². The molecule has 1 amide bonds. The van der Waals surface area contributed by atoms with Gasteiger partial charge in [-0.25, -0.2) is 0 Å². The van der Waals surface area contributed by atoms with Crippen LogP contribution in [0.1, 0.15) is 26.2 Å². The predicted molar refractivity (Wildman–Crippen MR) is 44.4 cm³/mol. The van der Waals surface area contributed by atoms with Crippen molar-refractivity contribution in [2.24, 2.45) is 11.8 Å². The van der Waals surface area contributed by atoms with Crippen LogP contribution in [0.4, 0.5) is 0 Å². The second-order valence-electron chi connectivity index (χ2n) is 3.59. The standard InChI is InChI=1S/C9H15NO2/c1-2-12-9-7-5-3-4-6(7)8(11)10-9/h6-7,9H,2-5H2,1H3,(H,10,11)/t6-,7+,9-/m1/s1. The highest BCUT2D eigenvalue weighted by Crippen LogP contribution is 2.38. The maximum Gasteiger partial charge on any atom is 0.225 e. The van der Waals surface area contributed by atoms with Gasteiger partial charge in [-0.15, -0.1) is 0 Å². The van der Waals surface area contributed by atoms with Gasteiger partial charge in [-0.05, 0) is 19.8 Å². The Hall–Kier alpha value is -0.570. The van der Waals surface area contributed by atoms with Crippen molar-refractivity contribution in [3.63, 3.8) is 0 Å². The summed E-state index contributed by atoms with van der Waals surface area (Å²) >= 11 is 0. The summed E-state index contributed by atoms with van der Waals surface area (Å²) in [6.45, 7) is 2.66. The molecule has 2 fully saturated rings. The molecule has 0 unspecified atom stereocenters. The van der Waals surface area contributed by atoms with E-state index in [9.17, 15) is 4.79 Å². The number of hydrogen-bond donors (Lipinski definition) is 1. The van der Waals surface area contributed by atoms with Crippen LogP contribution in [0.15, 0.2) is 0 Å². The van der Waals surface area contributed by atoms with E-state index in [0.29, 0.717) is 12.5 Å². The van der Waals surface area contributed by atoms with Crippen molar-refractivity contribution >= 4 is 5.91 Å². The Morgan fingerprint density at radius 1 is 1.58 bits per heavy atom. The molecular formula is C9H15NO2. The van der Waals surface area contributed by atoms with Crippen LogP contribution in [0.25, 0.3) is 0 Å². The van der Waals surface area contributed by atoms with E-state index in [2.05, 4.69) is 5.32 Å². The first kappa shape index (κ1) is 8.05. The monoisotopic (exact) mass is 169 g/mol. The number of amides is 1. The summed E-state index contributed by atoms with van der Waals surface area (Å²) in [5.74, 6) is 0.912. The Balaban J connectivity index is 2.04. The maximum atomic E-state index is 11.3. The van der Waals surface area contributed by atoms with Crippen molar-refractivity contribution in [3.05, 3.63) is 0 Å². The van der Waals surface area contributed by atoms with Gasteiger partial charge in [0.05, 0.1) is 0 Å². The van der Waals surface area contributed by atoms with Gasteiger partial charge >= 0.3 is 0 Å². The minimum Gasteiger partial charge on any atom is -0.358 e. The van der Waals surface area contributed by atoms with Gasteiger partial charge in [0.1, 0.15) is 6.23 Å². The van der Waals surface area contributed by atoms with Gasteiger partial charge in [-0.1, -0.05) is 6.42 Å². The summed E-state index contributed by atoms with van der Waals surface area (Å²) in [5.41, 5.74) is 0. The smallest absolute Gasteiger partial charge is 0.225 e. The molecule has 0 aromatic heterocycles. The van der Waals surface area contributed by atoms with E-state index < -0.39 is 0 Å². The zero-order valence-corrected chi connectivity index (χ0v) is 7.38. The van der Waals surface area contributed by atoms with Crippen molar-refractivity contribution < 1.29 is 9.53 Å².